The molecule has 0 aliphatic heterocycles. The molecule has 17 heavy (non-hydrogen) atoms. The summed E-state index contributed by atoms with van der Waals surface area (Å²) in [5, 5.41) is 8.82. The maximum Gasteiger partial charge on any atom is 0.254 e. The van der Waals surface area contributed by atoms with E-state index < -0.39 is 0 Å². The average molecular weight is 235 g/mol. The predicted molar refractivity (Wildman–Crippen MR) is 69.2 cm³/mol. The van der Waals surface area contributed by atoms with Crippen molar-refractivity contribution in [3.05, 3.63) is 34.9 Å². The van der Waals surface area contributed by atoms with Crippen LogP contribution >= 0.6 is 0 Å². The predicted octanol–water partition coefficient (Wildman–Crippen LogP) is 2.15. The number of carbonyl (C=O) groups excluding carboxylic acids is 1. The Hall–Kier alpha value is -1.35. The van der Waals surface area contributed by atoms with Crippen LogP contribution in [-0.4, -0.2) is 35.6 Å². The lowest BCUT2D eigenvalue weighted by molar-refractivity contribution is 0.0753. The van der Waals surface area contributed by atoms with Crippen molar-refractivity contribution in [1.29, 1.82) is 0 Å². The van der Waals surface area contributed by atoms with Gasteiger partial charge in [0.15, 0.2) is 0 Å². The Morgan fingerprint density at radius 3 is 2.59 bits per heavy atom. The van der Waals surface area contributed by atoms with E-state index in [2.05, 4.69) is 0 Å². The fourth-order valence-electron chi connectivity index (χ4n) is 1.89. The number of benzene rings is 1. The van der Waals surface area contributed by atoms with E-state index in [1.165, 1.54) is 0 Å². The lowest BCUT2D eigenvalue weighted by Crippen LogP contribution is -2.32. The van der Waals surface area contributed by atoms with Gasteiger partial charge in [-0.15, -0.1) is 0 Å². The zero-order chi connectivity index (χ0) is 12.8. The van der Waals surface area contributed by atoms with Crippen LogP contribution in [0.25, 0.3) is 0 Å². The van der Waals surface area contributed by atoms with E-state index in [1.807, 2.05) is 39.0 Å². The summed E-state index contributed by atoms with van der Waals surface area (Å²) in [5.41, 5.74) is 2.94. The van der Waals surface area contributed by atoms with Crippen molar-refractivity contribution in [3.63, 3.8) is 0 Å². The lowest BCUT2D eigenvalue weighted by atomic mass is 10.0. The molecule has 0 radical (unpaired) electrons. The van der Waals surface area contributed by atoms with Crippen LogP contribution in [0.5, 0.6) is 0 Å². The maximum absolute atomic E-state index is 12.3. The first-order valence-electron chi connectivity index (χ1n) is 6.07. The molecule has 0 aromatic heterocycles. The number of amides is 1. The second-order valence-corrected chi connectivity index (χ2v) is 4.28. The molecule has 1 aromatic carbocycles. The van der Waals surface area contributed by atoms with Crippen molar-refractivity contribution in [3.8, 4) is 0 Å². The normalized spacial score (nSPS) is 10.4. The Morgan fingerprint density at radius 1 is 1.35 bits per heavy atom. The molecule has 0 aliphatic rings. The molecule has 3 heteroatoms. The van der Waals surface area contributed by atoms with Crippen LogP contribution in [0.3, 0.4) is 0 Å². The van der Waals surface area contributed by atoms with Gasteiger partial charge in [0.25, 0.3) is 5.91 Å². The van der Waals surface area contributed by atoms with Gasteiger partial charge in [-0.3, -0.25) is 4.79 Å². The lowest BCUT2D eigenvalue weighted by Gasteiger charge is -2.21. The highest BCUT2D eigenvalue weighted by molar-refractivity contribution is 5.95. The molecular formula is C14H21NO2. The Morgan fingerprint density at radius 2 is 2.06 bits per heavy atom. The molecular weight excluding hydrogens is 214 g/mol. The molecule has 1 N–H and O–H groups in total. The standard InChI is InChI=1S/C14H21NO2/c1-4-15(8-5-9-16)14(17)13-7-6-11(2)10-12(13)3/h6-7,10,16H,4-5,8-9H2,1-3H3. The zero-order valence-corrected chi connectivity index (χ0v) is 10.9. The van der Waals surface area contributed by atoms with Crippen LogP contribution in [0.1, 0.15) is 34.8 Å². The Kier molecular flexibility index (Phi) is 5.16. The molecule has 1 rings (SSSR count). The van der Waals surface area contributed by atoms with Gasteiger partial charge < -0.3 is 10.0 Å². The fraction of sp³-hybridized carbons (Fsp3) is 0.500. The van der Waals surface area contributed by atoms with Crippen molar-refractivity contribution in [1.82, 2.24) is 4.90 Å². The largest absolute Gasteiger partial charge is 0.396 e. The molecule has 0 bridgehead atoms. The first-order chi connectivity index (χ1) is 8.10. The average Bonchev–Trinajstić information content (AvgIpc) is 2.29. The molecule has 0 heterocycles. The molecule has 0 spiro atoms. The minimum atomic E-state index is 0.0541. The van der Waals surface area contributed by atoms with Crippen LogP contribution < -0.4 is 0 Å². The van der Waals surface area contributed by atoms with Crippen LogP contribution in [0.2, 0.25) is 0 Å². The molecule has 1 aromatic rings. The first kappa shape index (κ1) is 13.7. The van der Waals surface area contributed by atoms with Gasteiger partial charge in [-0.05, 0) is 38.8 Å². The number of hydrogen-bond acceptors (Lipinski definition) is 2. The van der Waals surface area contributed by atoms with E-state index >= 15 is 0 Å². The summed E-state index contributed by atoms with van der Waals surface area (Å²) in [7, 11) is 0. The second-order valence-electron chi connectivity index (χ2n) is 4.28. The first-order valence-corrected chi connectivity index (χ1v) is 6.07. The summed E-state index contributed by atoms with van der Waals surface area (Å²) in [4.78, 5) is 14.0. The van der Waals surface area contributed by atoms with Crippen molar-refractivity contribution in [2.24, 2.45) is 0 Å². The van der Waals surface area contributed by atoms with E-state index in [1.54, 1.807) is 4.90 Å². The minimum absolute atomic E-state index is 0.0541. The second kappa shape index (κ2) is 6.40. The minimum Gasteiger partial charge on any atom is -0.396 e. The third kappa shape index (κ3) is 3.56. The molecule has 0 fully saturated rings. The molecule has 0 aliphatic carbocycles. The summed E-state index contributed by atoms with van der Waals surface area (Å²) < 4.78 is 0. The van der Waals surface area contributed by atoms with Gasteiger partial charge in [0.1, 0.15) is 0 Å². The van der Waals surface area contributed by atoms with Crippen molar-refractivity contribution >= 4 is 5.91 Å². The third-order valence-corrected chi connectivity index (χ3v) is 2.87. The van der Waals surface area contributed by atoms with Gasteiger partial charge in [0.2, 0.25) is 0 Å². The summed E-state index contributed by atoms with van der Waals surface area (Å²) in [5.74, 6) is 0.0541. The molecule has 3 nitrogen and oxygen atoms in total. The van der Waals surface area contributed by atoms with Gasteiger partial charge >= 0.3 is 0 Å². The van der Waals surface area contributed by atoms with E-state index in [9.17, 15) is 4.79 Å². The Bertz CT molecular complexity index is 388. The molecule has 0 saturated heterocycles. The van der Waals surface area contributed by atoms with E-state index in [0.717, 1.165) is 16.7 Å². The van der Waals surface area contributed by atoms with Gasteiger partial charge in [0.05, 0.1) is 0 Å². The van der Waals surface area contributed by atoms with Gasteiger partial charge in [-0.25, -0.2) is 0 Å². The number of rotatable bonds is 5. The summed E-state index contributed by atoms with van der Waals surface area (Å²) in [6.07, 6.45) is 0.629. The SMILES string of the molecule is CCN(CCCO)C(=O)c1ccc(C)cc1C. The molecule has 1 amide bonds. The molecule has 94 valence electrons. The van der Waals surface area contributed by atoms with Crippen LogP contribution in [0.15, 0.2) is 18.2 Å². The topological polar surface area (TPSA) is 40.5 Å². The van der Waals surface area contributed by atoms with Crippen LogP contribution in [-0.2, 0) is 0 Å². The van der Waals surface area contributed by atoms with Crippen LogP contribution in [0, 0.1) is 13.8 Å². The third-order valence-electron chi connectivity index (χ3n) is 2.87. The zero-order valence-electron chi connectivity index (χ0n) is 10.9. The number of aliphatic hydroxyl groups excluding tert-OH is 1. The summed E-state index contributed by atoms with van der Waals surface area (Å²) in [6.45, 7) is 7.34. The number of aryl methyl sites for hydroxylation is 2. The van der Waals surface area contributed by atoms with Crippen molar-refractivity contribution in [2.75, 3.05) is 19.7 Å². The molecule has 0 atom stereocenters. The van der Waals surface area contributed by atoms with Gasteiger partial charge in [0, 0.05) is 25.3 Å². The van der Waals surface area contributed by atoms with Gasteiger partial charge in [-0.1, -0.05) is 17.7 Å². The van der Waals surface area contributed by atoms with Crippen molar-refractivity contribution in [2.45, 2.75) is 27.2 Å². The Labute approximate surface area is 103 Å². The molecule has 0 unspecified atom stereocenters. The van der Waals surface area contributed by atoms with E-state index in [-0.39, 0.29) is 12.5 Å². The highest BCUT2D eigenvalue weighted by Gasteiger charge is 2.15. The van der Waals surface area contributed by atoms with Crippen molar-refractivity contribution < 1.29 is 9.90 Å². The number of carbonyl (C=O) groups is 1. The summed E-state index contributed by atoms with van der Waals surface area (Å²) in [6, 6.07) is 5.86. The van der Waals surface area contributed by atoms with E-state index in [4.69, 9.17) is 5.11 Å². The summed E-state index contributed by atoms with van der Waals surface area (Å²) >= 11 is 0. The number of aliphatic hydroxyl groups is 1. The number of hydrogen-bond donors (Lipinski definition) is 1. The van der Waals surface area contributed by atoms with Crippen LogP contribution in [0.4, 0.5) is 0 Å². The maximum atomic E-state index is 12.3. The smallest absolute Gasteiger partial charge is 0.254 e. The Balaban J connectivity index is 2.86. The quantitative estimate of drug-likeness (QED) is 0.849. The molecule has 0 saturated carbocycles. The monoisotopic (exact) mass is 235 g/mol. The van der Waals surface area contributed by atoms with Gasteiger partial charge in [-0.2, -0.15) is 0 Å². The fourth-order valence-corrected chi connectivity index (χ4v) is 1.89. The number of nitrogens with zero attached hydrogens (tertiary/aromatic N) is 1. The highest BCUT2D eigenvalue weighted by atomic mass is 16.3. The highest BCUT2D eigenvalue weighted by Crippen LogP contribution is 2.13. The van der Waals surface area contributed by atoms with E-state index in [0.29, 0.717) is 19.5 Å².